The topological polar surface area (TPSA) is 385 Å². The molecule has 16 N–H and O–H groups in total. The van der Waals surface area contributed by atoms with E-state index in [0.29, 0.717) is 24.5 Å². The molecule has 1 amide bonds. The standard InChI is InChI=1S/C31H56N2O20S.H2O/c1-11-16(38)19(41)23(45)29(47-11)53-27-26(52-30-24(46)20(42)17(39)13(8-34)49-30)18(40)14(9-35)50-31(27)51-25-15(10-36)48-28(22(44)21(25)43)33(12(2)37)5-3-6-54-7-4-32;/h11,13-31,34-36,38-46H,3-10,32H2,1-2H3;1H2/t11?,13?,14?,15-,16+,17-,18-,19-,20-,21?,22?,23+,24-,25+,26-,27-,28?,29?,30?,31?;/m0./s1. The molecule has 0 aliphatic carbocycles. The molecule has 4 aliphatic heterocycles. The smallest absolute Gasteiger partial charge is 0.221 e. The fourth-order valence-corrected chi connectivity index (χ4v) is 7.40. The molecule has 4 aliphatic rings. The summed E-state index contributed by atoms with van der Waals surface area (Å²) in [5.41, 5.74) is 5.53. The summed E-state index contributed by atoms with van der Waals surface area (Å²) in [5, 5.41) is 127. The van der Waals surface area contributed by atoms with Crippen LogP contribution in [0.4, 0.5) is 0 Å². The monoisotopic (exact) mass is 826 g/mol. The molecule has 0 bridgehead atoms. The molecular formula is C31H58N2O21S. The summed E-state index contributed by atoms with van der Waals surface area (Å²) < 4.78 is 40.6. The Morgan fingerprint density at radius 2 is 1.15 bits per heavy atom. The number of ether oxygens (including phenoxy) is 7. The van der Waals surface area contributed by atoms with E-state index < -0.39 is 148 Å². The van der Waals surface area contributed by atoms with Crippen LogP contribution >= 0.6 is 11.8 Å². The Kier molecular flexibility index (Phi) is 19.2. The van der Waals surface area contributed by atoms with E-state index in [0.717, 1.165) is 0 Å². The van der Waals surface area contributed by atoms with E-state index >= 15 is 0 Å². The lowest BCUT2D eigenvalue weighted by atomic mass is 9.95. The molecule has 0 aromatic carbocycles. The van der Waals surface area contributed by atoms with E-state index in [2.05, 4.69) is 0 Å². The number of hydrogen-bond donors (Lipinski definition) is 13. The first kappa shape index (κ1) is 48.3. The van der Waals surface area contributed by atoms with Gasteiger partial charge in [-0.3, -0.25) is 4.79 Å². The van der Waals surface area contributed by atoms with Crippen molar-refractivity contribution in [2.24, 2.45) is 5.73 Å². The summed E-state index contributed by atoms with van der Waals surface area (Å²) in [6, 6.07) is 0. The van der Waals surface area contributed by atoms with Gasteiger partial charge in [0.2, 0.25) is 5.91 Å². The van der Waals surface area contributed by atoms with Crippen molar-refractivity contribution < 1.29 is 105 Å². The highest BCUT2D eigenvalue weighted by molar-refractivity contribution is 7.99. The molecule has 0 radical (unpaired) electrons. The molecule has 4 fully saturated rings. The average molecular weight is 827 g/mol. The molecule has 4 heterocycles. The minimum atomic E-state index is -2.00. The zero-order valence-electron chi connectivity index (χ0n) is 30.3. The summed E-state index contributed by atoms with van der Waals surface area (Å²) in [7, 11) is 0. The first-order chi connectivity index (χ1) is 25.6. The Bertz CT molecular complexity index is 1150. The molecule has 23 nitrogen and oxygen atoms in total. The van der Waals surface area contributed by atoms with Crippen molar-refractivity contribution in [3.8, 4) is 0 Å². The average Bonchev–Trinajstić information content (AvgIpc) is 3.15. The van der Waals surface area contributed by atoms with Crippen molar-refractivity contribution in [3.63, 3.8) is 0 Å². The molecule has 0 aromatic rings. The van der Waals surface area contributed by atoms with Crippen LogP contribution in [-0.2, 0) is 38.0 Å². The van der Waals surface area contributed by atoms with Gasteiger partial charge < -0.3 is 111 Å². The molecule has 24 heteroatoms. The highest BCUT2D eigenvalue weighted by atomic mass is 32.2. The van der Waals surface area contributed by atoms with Gasteiger partial charge in [-0.1, -0.05) is 0 Å². The van der Waals surface area contributed by atoms with Crippen molar-refractivity contribution in [3.05, 3.63) is 0 Å². The highest BCUT2D eigenvalue weighted by Crippen LogP contribution is 2.36. The SMILES string of the molecule is CC(=O)N(CCCSCCN)C1O[C@@H](CO)[C@@H](OC2OC(CO)[C@H](O)[C@H](OC3OC(CO)[C@H](O)[C@H](O)[C@@H]3O)[C@@H]2OC2OC(C)[C@@H](O)[C@H](O)[C@H]2O)C(O)C1O.O. The van der Waals surface area contributed by atoms with Crippen molar-refractivity contribution in [1.29, 1.82) is 0 Å². The van der Waals surface area contributed by atoms with Gasteiger partial charge in [-0.15, -0.1) is 0 Å². The second kappa shape index (κ2) is 21.8. The lowest BCUT2D eigenvalue weighted by molar-refractivity contribution is -0.402. The molecule has 20 atom stereocenters. The number of carbonyl (C=O) groups is 1. The number of amides is 1. The van der Waals surface area contributed by atoms with E-state index in [1.807, 2.05) is 0 Å². The molecular weight excluding hydrogens is 768 g/mol. The van der Waals surface area contributed by atoms with Crippen molar-refractivity contribution in [2.75, 3.05) is 44.4 Å². The maximum atomic E-state index is 12.6. The summed E-state index contributed by atoms with van der Waals surface area (Å²) in [6.07, 6.45) is -34.3. The Balaban J connectivity index is 0.00000812. The maximum absolute atomic E-state index is 12.6. The number of thioether (sulfide) groups is 1. The number of aliphatic hydroxyl groups is 12. The van der Waals surface area contributed by atoms with Crippen molar-refractivity contribution in [2.45, 2.75) is 143 Å². The molecule has 0 spiro atoms. The second-order valence-corrected chi connectivity index (χ2v) is 14.8. The second-order valence-electron chi connectivity index (χ2n) is 13.6. The van der Waals surface area contributed by atoms with Gasteiger partial charge in [0.05, 0.1) is 25.9 Å². The van der Waals surface area contributed by atoms with E-state index in [9.17, 15) is 66.1 Å². The predicted octanol–water partition coefficient (Wildman–Crippen LogP) is -8.61. The maximum Gasteiger partial charge on any atom is 0.221 e. The van der Waals surface area contributed by atoms with Crippen LogP contribution in [0.1, 0.15) is 20.3 Å². The zero-order valence-corrected chi connectivity index (χ0v) is 31.1. The Morgan fingerprint density at radius 3 is 1.73 bits per heavy atom. The minimum absolute atomic E-state index is 0. The Morgan fingerprint density at radius 1 is 0.618 bits per heavy atom. The summed E-state index contributed by atoms with van der Waals surface area (Å²) in [6.45, 7) is 0.562. The normalized spacial score (nSPS) is 45.1. The summed E-state index contributed by atoms with van der Waals surface area (Å²) >= 11 is 1.55. The quantitative estimate of drug-likeness (QED) is 0.0643. The Labute approximate surface area is 320 Å². The van der Waals surface area contributed by atoms with Gasteiger partial charge in [0.1, 0.15) is 91.6 Å². The lowest BCUT2D eigenvalue weighted by Gasteiger charge is -2.51. The predicted molar refractivity (Wildman–Crippen MR) is 182 cm³/mol. The third-order valence-corrected chi connectivity index (χ3v) is 10.9. The van der Waals surface area contributed by atoms with Gasteiger partial charge in [0, 0.05) is 25.8 Å². The van der Waals surface area contributed by atoms with Crippen molar-refractivity contribution >= 4 is 17.7 Å². The van der Waals surface area contributed by atoms with Crippen LogP contribution < -0.4 is 5.73 Å². The summed E-state index contributed by atoms with van der Waals surface area (Å²) in [4.78, 5) is 13.8. The number of carbonyl (C=O) groups excluding carboxylic acids is 1. The molecule has 324 valence electrons. The van der Waals surface area contributed by atoms with Gasteiger partial charge >= 0.3 is 0 Å². The van der Waals surface area contributed by atoms with Crippen LogP contribution in [0.2, 0.25) is 0 Å². The highest BCUT2D eigenvalue weighted by Gasteiger charge is 2.56. The minimum Gasteiger partial charge on any atom is -0.412 e. The van der Waals surface area contributed by atoms with Crippen molar-refractivity contribution in [1.82, 2.24) is 4.90 Å². The number of aliphatic hydroxyl groups excluding tert-OH is 12. The van der Waals surface area contributed by atoms with Crippen LogP contribution in [0.25, 0.3) is 0 Å². The van der Waals surface area contributed by atoms with E-state index in [4.69, 9.17) is 38.9 Å². The third kappa shape index (κ3) is 11.0. The fraction of sp³-hybridized carbons (Fsp3) is 0.968. The van der Waals surface area contributed by atoms with E-state index in [1.165, 1.54) is 18.7 Å². The van der Waals surface area contributed by atoms with Crippen LogP contribution in [0.5, 0.6) is 0 Å². The first-order valence-electron chi connectivity index (χ1n) is 17.7. The number of rotatable bonds is 16. The molecule has 0 aromatic heterocycles. The third-order valence-electron chi connectivity index (χ3n) is 9.83. The van der Waals surface area contributed by atoms with Gasteiger partial charge in [0.25, 0.3) is 0 Å². The fourth-order valence-electron chi connectivity index (χ4n) is 6.70. The van der Waals surface area contributed by atoms with Gasteiger partial charge in [0.15, 0.2) is 25.1 Å². The molecule has 55 heavy (non-hydrogen) atoms. The Hall–Kier alpha value is -1.02. The van der Waals surface area contributed by atoms with E-state index in [-0.39, 0.29) is 12.0 Å². The van der Waals surface area contributed by atoms with Crippen LogP contribution in [0.15, 0.2) is 0 Å². The molecule has 4 saturated heterocycles. The van der Waals surface area contributed by atoms with Crippen LogP contribution in [0, 0.1) is 0 Å². The molecule has 0 saturated carbocycles. The van der Waals surface area contributed by atoms with Crippen LogP contribution in [0.3, 0.4) is 0 Å². The molecule has 9 unspecified atom stereocenters. The van der Waals surface area contributed by atoms with Gasteiger partial charge in [-0.05, 0) is 19.1 Å². The first-order valence-corrected chi connectivity index (χ1v) is 18.9. The van der Waals surface area contributed by atoms with Gasteiger partial charge in [-0.25, -0.2) is 0 Å². The molecule has 4 rings (SSSR count). The lowest BCUT2D eigenvalue weighted by Crippen LogP contribution is -2.69. The van der Waals surface area contributed by atoms with Gasteiger partial charge in [-0.2, -0.15) is 11.8 Å². The number of nitrogens with two attached hydrogens (primary N) is 1. The number of hydrogen-bond acceptors (Lipinski definition) is 22. The van der Waals surface area contributed by atoms with E-state index in [1.54, 1.807) is 11.8 Å². The summed E-state index contributed by atoms with van der Waals surface area (Å²) in [5.74, 6) is 0.813. The number of nitrogens with zero attached hydrogens (tertiary/aromatic N) is 1. The zero-order chi connectivity index (χ0) is 40.0. The van der Waals surface area contributed by atoms with Crippen LogP contribution in [-0.4, -0.2) is 245 Å². The largest absolute Gasteiger partial charge is 0.412 e.